The molecule has 3 nitrogen and oxygen atoms in total. The number of hydrogen-bond donors (Lipinski definition) is 0. The van der Waals surface area contributed by atoms with Gasteiger partial charge in [-0.1, -0.05) is 56.3 Å². The highest BCUT2D eigenvalue weighted by molar-refractivity contribution is 5.84. The molecule has 0 fully saturated rings. The average Bonchev–Trinajstić information content (AvgIpc) is 2.79. The Balaban J connectivity index is 1.93. The van der Waals surface area contributed by atoms with Crippen LogP contribution < -0.4 is 9.47 Å². The minimum atomic E-state index is -0.176. The molecule has 0 aliphatic carbocycles. The number of pyridine rings is 1. The summed E-state index contributed by atoms with van der Waals surface area (Å²) >= 11 is 0. The van der Waals surface area contributed by atoms with Crippen LogP contribution in [0.15, 0.2) is 79.0 Å². The molecular formula is C23H21NO2. The molecule has 0 spiro atoms. The van der Waals surface area contributed by atoms with Crippen molar-refractivity contribution in [1.82, 2.24) is 0 Å². The number of benzene rings is 2. The van der Waals surface area contributed by atoms with Crippen LogP contribution in [-0.2, 0) is 0 Å². The van der Waals surface area contributed by atoms with Crippen LogP contribution in [0.4, 0.5) is 0 Å². The van der Waals surface area contributed by atoms with E-state index in [-0.39, 0.29) is 5.41 Å². The van der Waals surface area contributed by atoms with Gasteiger partial charge >= 0.3 is 0 Å². The topological polar surface area (TPSA) is 36.2 Å². The van der Waals surface area contributed by atoms with Gasteiger partial charge in [-0.3, -0.25) is 0 Å². The second kappa shape index (κ2) is 6.34. The lowest BCUT2D eigenvalue weighted by atomic mass is 9.88. The van der Waals surface area contributed by atoms with Crippen molar-refractivity contribution in [3.05, 3.63) is 95.5 Å². The van der Waals surface area contributed by atoms with Crippen molar-refractivity contribution in [1.29, 1.82) is 0 Å². The number of aromatic nitrogens is 1. The van der Waals surface area contributed by atoms with E-state index in [2.05, 4.69) is 44.2 Å². The van der Waals surface area contributed by atoms with Crippen molar-refractivity contribution in [2.45, 2.75) is 13.8 Å². The fraction of sp³-hybridized carbons (Fsp3) is 0.174. The van der Waals surface area contributed by atoms with Crippen molar-refractivity contribution in [2.24, 2.45) is 5.41 Å². The van der Waals surface area contributed by atoms with E-state index < -0.39 is 0 Å². The molecule has 0 atom stereocenters. The van der Waals surface area contributed by atoms with Gasteiger partial charge in [0, 0.05) is 23.1 Å². The quantitative estimate of drug-likeness (QED) is 0.493. The highest BCUT2D eigenvalue weighted by Gasteiger charge is 2.28. The van der Waals surface area contributed by atoms with Crippen molar-refractivity contribution in [2.75, 3.05) is 6.61 Å². The van der Waals surface area contributed by atoms with E-state index in [1.54, 1.807) is 6.07 Å². The van der Waals surface area contributed by atoms with Gasteiger partial charge in [-0.25, -0.2) is 0 Å². The molecule has 0 amide bonds. The van der Waals surface area contributed by atoms with Gasteiger partial charge in [0.2, 0.25) is 5.69 Å². The third-order valence-corrected chi connectivity index (χ3v) is 4.61. The maximum Gasteiger partial charge on any atom is 0.224 e. The van der Waals surface area contributed by atoms with Crippen LogP contribution in [0.2, 0.25) is 0 Å². The van der Waals surface area contributed by atoms with E-state index in [1.165, 1.54) is 6.20 Å². The number of nitrogens with zero attached hydrogens (tertiary/aromatic N) is 1. The lowest BCUT2D eigenvalue weighted by Crippen LogP contribution is -2.30. The predicted molar refractivity (Wildman–Crippen MR) is 104 cm³/mol. The van der Waals surface area contributed by atoms with Gasteiger partial charge in [-0.2, -0.15) is 4.73 Å². The third kappa shape index (κ3) is 3.08. The van der Waals surface area contributed by atoms with Gasteiger partial charge in [0.15, 0.2) is 6.20 Å². The first-order valence-corrected chi connectivity index (χ1v) is 8.78. The van der Waals surface area contributed by atoms with Gasteiger partial charge in [-0.05, 0) is 29.3 Å². The Labute approximate surface area is 153 Å². The first-order chi connectivity index (χ1) is 12.5. The van der Waals surface area contributed by atoms with Crippen LogP contribution in [0.3, 0.4) is 0 Å². The first kappa shape index (κ1) is 16.4. The second-order valence-corrected chi connectivity index (χ2v) is 7.32. The molecule has 0 N–H and O–H groups in total. The van der Waals surface area contributed by atoms with Crippen molar-refractivity contribution in [3.63, 3.8) is 0 Å². The molecule has 1 aliphatic heterocycles. The van der Waals surface area contributed by atoms with Crippen LogP contribution in [0.25, 0.3) is 16.7 Å². The summed E-state index contributed by atoms with van der Waals surface area (Å²) in [6.07, 6.45) is 3.69. The second-order valence-electron chi connectivity index (χ2n) is 7.32. The average molecular weight is 343 g/mol. The van der Waals surface area contributed by atoms with Gasteiger partial charge in [0.05, 0.1) is 12.2 Å². The number of hydrogen-bond acceptors (Lipinski definition) is 2. The van der Waals surface area contributed by atoms with E-state index in [9.17, 15) is 5.21 Å². The van der Waals surface area contributed by atoms with Crippen LogP contribution in [-0.4, -0.2) is 6.61 Å². The molecule has 1 aliphatic rings. The van der Waals surface area contributed by atoms with E-state index in [4.69, 9.17) is 4.74 Å². The molecule has 0 saturated heterocycles. The first-order valence-electron chi connectivity index (χ1n) is 8.78. The zero-order valence-electron chi connectivity index (χ0n) is 15.0. The maximum atomic E-state index is 12.4. The zero-order valence-corrected chi connectivity index (χ0v) is 15.0. The van der Waals surface area contributed by atoms with Crippen molar-refractivity contribution in [3.8, 4) is 16.9 Å². The summed E-state index contributed by atoms with van der Waals surface area (Å²) in [5, 5.41) is 12.4. The number of rotatable bonds is 2. The van der Waals surface area contributed by atoms with Gasteiger partial charge < -0.3 is 9.94 Å². The highest BCUT2D eigenvalue weighted by atomic mass is 16.5. The summed E-state index contributed by atoms with van der Waals surface area (Å²) in [4.78, 5) is 0. The SMILES string of the molecule is CC1(C)C=C(c2cccc[n+]2[O-])c2cc(-c3ccccc3)ccc2OC1. The molecule has 1 aromatic heterocycles. The van der Waals surface area contributed by atoms with Gasteiger partial charge in [-0.15, -0.1) is 0 Å². The molecule has 0 saturated carbocycles. The molecule has 4 rings (SSSR count). The smallest absolute Gasteiger partial charge is 0.224 e. The van der Waals surface area contributed by atoms with Gasteiger partial charge in [0.25, 0.3) is 0 Å². The maximum absolute atomic E-state index is 12.4. The minimum absolute atomic E-state index is 0.176. The van der Waals surface area contributed by atoms with E-state index >= 15 is 0 Å². The molecule has 26 heavy (non-hydrogen) atoms. The summed E-state index contributed by atoms with van der Waals surface area (Å²) in [6.45, 7) is 4.81. The standard InChI is InChI=1S/C23H21NO2/c1-23(2)15-20(21-10-6-7-13-24(21)25)19-14-18(11-12-22(19)26-16-23)17-8-4-3-5-9-17/h3-15H,16H2,1-2H3. The van der Waals surface area contributed by atoms with E-state index in [1.807, 2.05) is 36.4 Å². The van der Waals surface area contributed by atoms with E-state index in [0.29, 0.717) is 12.3 Å². The largest absolute Gasteiger partial charge is 0.618 e. The summed E-state index contributed by atoms with van der Waals surface area (Å²) < 4.78 is 7.01. The monoisotopic (exact) mass is 343 g/mol. The summed E-state index contributed by atoms with van der Waals surface area (Å²) in [5.74, 6) is 0.811. The molecule has 0 unspecified atom stereocenters. The predicted octanol–water partition coefficient (Wildman–Crippen LogP) is 4.84. The Hall–Kier alpha value is -3.07. The Bertz CT molecular complexity index is 975. The fourth-order valence-electron chi connectivity index (χ4n) is 3.30. The van der Waals surface area contributed by atoms with Crippen LogP contribution in [0, 0.1) is 10.6 Å². The molecule has 2 heterocycles. The van der Waals surface area contributed by atoms with Crippen LogP contribution in [0.1, 0.15) is 25.1 Å². The molecule has 130 valence electrons. The summed E-state index contributed by atoms with van der Waals surface area (Å²) in [7, 11) is 0. The zero-order chi connectivity index (χ0) is 18.1. The van der Waals surface area contributed by atoms with Crippen molar-refractivity contribution < 1.29 is 9.47 Å². The Morgan fingerprint density at radius 2 is 1.69 bits per heavy atom. The lowest BCUT2D eigenvalue weighted by molar-refractivity contribution is -0.607. The molecule has 3 heteroatoms. The normalized spacial score (nSPS) is 15.4. The van der Waals surface area contributed by atoms with Crippen LogP contribution in [0.5, 0.6) is 5.75 Å². The Morgan fingerprint density at radius 1 is 0.923 bits per heavy atom. The molecular weight excluding hydrogens is 322 g/mol. The number of ether oxygens (including phenoxy) is 1. The Kier molecular flexibility index (Phi) is 4.00. The van der Waals surface area contributed by atoms with E-state index in [0.717, 1.165) is 32.7 Å². The minimum Gasteiger partial charge on any atom is -0.618 e. The van der Waals surface area contributed by atoms with Gasteiger partial charge in [0.1, 0.15) is 5.75 Å². The molecule has 3 aromatic rings. The number of fused-ring (bicyclic) bond motifs is 1. The highest BCUT2D eigenvalue weighted by Crippen LogP contribution is 2.39. The Morgan fingerprint density at radius 3 is 2.46 bits per heavy atom. The fourth-order valence-corrected chi connectivity index (χ4v) is 3.30. The summed E-state index contributed by atoms with van der Waals surface area (Å²) in [5.41, 5.74) is 4.57. The molecule has 0 radical (unpaired) electrons. The third-order valence-electron chi connectivity index (χ3n) is 4.61. The summed E-state index contributed by atoms with van der Waals surface area (Å²) in [6, 6.07) is 21.9. The van der Waals surface area contributed by atoms with Crippen LogP contribution >= 0.6 is 0 Å². The lowest BCUT2D eigenvalue weighted by Gasteiger charge is -2.18. The molecule has 2 aromatic carbocycles. The van der Waals surface area contributed by atoms with Crippen molar-refractivity contribution >= 4 is 5.57 Å². The molecule has 0 bridgehead atoms.